The monoisotopic (exact) mass is 285 g/mol. The van der Waals surface area contributed by atoms with Crippen molar-refractivity contribution in [3.63, 3.8) is 0 Å². The summed E-state index contributed by atoms with van der Waals surface area (Å²) in [6.45, 7) is 3.73. The van der Waals surface area contributed by atoms with Crippen LogP contribution in [0.25, 0.3) is 0 Å². The molecule has 0 amide bonds. The summed E-state index contributed by atoms with van der Waals surface area (Å²) in [5, 5.41) is 9.19. The van der Waals surface area contributed by atoms with E-state index in [1.165, 1.54) is 0 Å². The Balaban J connectivity index is 2.49. The molecule has 1 aliphatic carbocycles. The standard InChI is InChI=1S/C13H13F2NO2S/c1-12(2)6-13(7-12,8-16)19(17,18)9-3-4-10(14)11(15)5-9/h3-5H,6-7H2,1-2H3. The van der Waals surface area contributed by atoms with Crippen LogP contribution in [0.5, 0.6) is 0 Å². The lowest BCUT2D eigenvalue weighted by atomic mass is 9.64. The third kappa shape index (κ3) is 2.02. The molecule has 2 rings (SSSR count). The number of rotatable bonds is 2. The highest BCUT2D eigenvalue weighted by atomic mass is 32.2. The molecule has 0 radical (unpaired) electrons. The number of nitriles is 1. The van der Waals surface area contributed by atoms with Crippen molar-refractivity contribution in [2.75, 3.05) is 0 Å². The molecular formula is C13H13F2NO2S. The van der Waals surface area contributed by atoms with Gasteiger partial charge in [-0.3, -0.25) is 0 Å². The molecule has 0 spiro atoms. The molecule has 1 aromatic rings. The van der Waals surface area contributed by atoms with E-state index in [0.717, 1.165) is 12.1 Å². The van der Waals surface area contributed by atoms with Crippen molar-refractivity contribution in [1.29, 1.82) is 5.26 Å². The summed E-state index contributed by atoms with van der Waals surface area (Å²) in [4.78, 5) is -0.344. The van der Waals surface area contributed by atoms with Gasteiger partial charge in [0, 0.05) is 0 Å². The molecule has 0 aromatic heterocycles. The lowest BCUT2D eigenvalue weighted by Gasteiger charge is -2.47. The lowest BCUT2D eigenvalue weighted by Crippen LogP contribution is -2.53. The Morgan fingerprint density at radius 1 is 1.21 bits per heavy atom. The molecule has 1 fully saturated rings. The number of nitrogens with zero attached hydrogens (tertiary/aromatic N) is 1. The minimum atomic E-state index is -3.99. The van der Waals surface area contributed by atoms with Crippen molar-refractivity contribution < 1.29 is 17.2 Å². The average Bonchev–Trinajstić information content (AvgIpc) is 2.28. The molecule has 3 nitrogen and oxygen atoms in total. The minimum Gasteiger partial charge on any atom is -0.222 e. The fourth-order valence-electron chi connectivity index (χ4n) is 2.69. The Labute approximate surface area is 110 Å². The molecule has 0 saturated heterocycles. The van der Waals surface area contributed by atoms with E-state index < -0.39 is 26.2 Å². The molecule has 0 unspecified atom stereocenters. The molecule has 0 heterocycles. The van der Waals surface area contributed by atoms with Gasteiger partial charge >= 0.3 is 0 Å². The summed E-state index contributed by atoms with van der Waals surface area (Å²) in [7, 11) is -3.99. The first-order chi connectivity index (χ1) is 8.63. The first kappa shape index (κ1) is 13.9. The summed E-state index contributed by atoms with van der Waals surface area (Å²) in [5.74, 6) is -2.34. The lowest BCUT2D eigenvalue weighted by molar-refractivity contribution is 0.154. The summed E-state index contributed by atoms with van der Waals surface area (Å²) in [5.41, 5.74) is -0.235. The summed E-state index contributed by atoms with van der Waals surface area (Å²) < 4.78 is 49.3. The van der Waals surface area contributed by atoms with Crippen LogP contribution < -0.4 is 0 Å². The van der Waals surface area contributed by atoms with E-state index in [-0.39, 0.29) is 23.2 Å². The zero-order valence-corrected chi connectivity index (χ0v) is 11.4. The van der Waals surface area contributed by atoms with Crippen molar-refractivity contribution in [2.24, 2.45) is 5.41 Å². The fraction of sp³-hybridized carbons (Fsp3) is 0.462. The van der Waals surface area contributed by atoms with E-state index in [9.17, 15) is 22.5 Å². The Bertz CT molecular complexity index is 666. The van der Waals surface area contributed by atoms with Crippen molar-refractivity contribution >= 4 is 9.84 Å². The summed E-state index contributed by atoms with van der Waals surface area (Å²) >= 11 is 0. The summed E-state index contributed by atoms with van der Waals surface area (Å²) in [6, 6.07) is 4.23. The quantitative estimate of drug-likeness (QED) is 0.785. The number of hydrogen-bond acceptors (Lipinski definition) is 3. The first-order valence-corrected chi connectivity index (χ1v) is 7.23. The van der Waals surface area contributed by atoms with Crippen LogP contribution in [0.4, 0.5) is 8.78 Å². The molecule has 1 saturated carbocycles. The van der Waals surface area contributed by atoms with Crippen molar-refractivity contribution in [2.45, 2.75) is 36.3 Å². The summed E-state index contributed by atoms with van der Waals surface area (Å²) in [6.07, 6.45) is 0.385. The van der Waals surface area contributed by atoms with Gasteiger partial charge in [-0.1, -0.05) is 13.8 Å². The van der Waals surface area contributed by atoms with E-state index in [1.54, 1.807) is 0 Å². The predicted octanol–water partition coefficient (Wildman–Crippen LogP) is 2.82. The van der Waals surface area contributed by atoms with Gasteiger partial charge in [-0.25, -0.2) is 17.2 Å². The van der Waals surface area contributed by atoms with Crippen LogP contribution in [-0.2, 0) is 9.84 Å². The highest BCUT2D eigenvalue weighted by Gasteiger charge is 2.58. The molecule has 102 valence electrons. The van der Waals surface area contributed by atoms with Crippen LogP contribution in [0, 0.1) is 28.4 Å². The smallest absolute Gasteiger partial charge is 0.197 e. The maximum atomic E-state index is 13.2. The van der Waals surface area contributed by atoms with Gasteiger partial charge in [-0.05, 0) is 36.5 Å². The number of benzene rings is 1. The van der Waals surface area contributed by atoms with Gasteiger partial charge in [0.15, 0.2) is 26.2 Å². The number of sulfone groups is 1. The maximum absolute atomic E-state index is 13.2. The second-order valence-electron chi connectivity index (χ2n) is 5.70. The van der Waals surface area contributed by atoms with Crippen LogP contribution in [0.1, 0.15) is 26.7 Å². The largest absolute Gasteiger partial charge is 0.222 e. The number of halogens is 2. The molecule has 1 aromatic carbocycles. The first-order valence-electron chi connectivity index (χ1n) is 5.75. The zero-order chi connectivity index (χ0) is 14.5. The Hall–Kier alpha value is -1.48. The van der Waals surface area contributed by atoms with Gasteiger partial charge in [0.2, 0.25) is 0 Å². The van der Waals surface area contributed by atoms with Crippen molar-refractivity contribution in [1.82, 2.24) is 0 Å². The number of hydrogen-bond donors (Lipinski definition) is 0. The SMILES string of the molecule is CC1(C)CC(C#N)(S(=O)(=O)c2ccc(F)c(F)c2)C1. The van der Waals surface area contributed by atoms with Crippen molar-refractivity contribution in [3.05, 3.63) is 29.8 Å². The van der Waals surface area contributed by atoms with Gasteiger partial charge < -0.3 is 0 Å². The molecule has 0 N–H and O–H groups in total. The molecular weight excluding hydrogens is 272 g/mol. The Morgan fingerprint density at radius 2 is 1.79 bits per heavy atom. The highest BCUT2D eigenvalue weighted by molar-refractivity contribution is 7.93. The van der Waals surface area contributed by atoms with Crippen LogP contribution >= 0.6 is 0 Å². The Kier molecular flexibility index (Phi) is 2.94. The second kappa shape index (κ2) is 4.01. The van der Waals surface area contributed by atoms with E-state index in [2.05, 4.69) is 0 Å². The van der Waals surface area contributed by atoms with Crippen LogP contribution in [0.2, 0.25) is 0 Å². The van der Waals surface area contributed by atoms with Gasteiger partial charge in [0.25, 0.3) is 0 Å². The van der Waals surface area contributed by atoms with Gasteiger partial charge in [0.05, 0.1) is 11.0 Å². The van der Waals surface area contributed by atoms with E-state index >= 15 is 0 Å². The molecule has 0 bridgehead atoms. The minimum absolute atomic E-state index is 0.192. The molecule has 19 heavy (non-hydrogen) atoms. The van der Waals surface area contributed by atoms with Crippen LogP contribution in [0.15, 0.2) is 23.1 Å². The molecule has 1 aliphatic rings. The molecule has 0 aliphatic heterocycles. The molecule has 6 heteroatoms. The zero-order valence-electron chi connectivity index (χ0n) is 10.6. The van der Waals surface area contributed by atoms with E-state index in [0.29, 0.717) is 6.07 Å². The molecule has 0 atom stereocenters. The fourth-order valence-corrected chi connectivity index (χ4v) is 4.93. The predicted molar refractivity (Wildman–Crippen MR) is 64.9 cm³/mol. The van der Waals surface area contributed by atoms with Crippen LogP contribution in [-0.4, -0.2) is 13.2 Å². The topological polar surface area (TPSA) is 57.9 Å². The Morgan fingerprint density at radius 3 is 2.21 bits per heavy atom. The normalized spacial score (nSPS) is 20.4. The average molecular weight is 285 g/mol. The third-order valence-corrected chi connectivity index (χ3v) is 5.73. The maximum Gasteiger partial charge on any atom is 0.197 e. The highest BCUT2D eigenvalue weighted by Crippen LogP contribution is 2.53. The van der Waals surface area contributed by atoms with Gasteiger partial charge in [-0.2, -0.15) is 5.26 Å². The second-order valence-corrected chi connectivity index (χ2v) is 7.96. The van der Waals surface area contributed by atoms with E-state index in [1.807, 2.05) is 19.9 Å². The van der Waals surface area contributed by atoms with Crippen molar-refractivity contribution in [3.8, 4) is 6.07 Å². The van der Waals surface area contributed by atoms with Gasteiger partial charge in [-0.15, -0.1) is 0 Å². The van der Waals surface area contributed by atoms with Crippen LogP contribution in [0.3, 0.4) is 0 Å². The third-order valence-electron chi connectivity index (χ3n) is 3.45. The van der Waals surface area contributed by atoms with Gasteiger partial charge in [0.1, 0.15) is 0 Å². The van der Waals surface area contributed by atoms with E-state index in [4.69, 9.17) is 0 Å².